The molecule has 1 spiro atoms. The first-order valence-electron chi connectivity index (χ1n) is 6.60. The number of H-pyrrole nitrogens is 1. The molecule has 1 fully saturated rings. The molecule has 0 unspecified atom stereocenters. The molecule has 0 bridgehead atoms. The number of nitrogens with one attached hydrogen (secondary N) is 1. The van der Waals surface area contributed by atoms with Crippen molar-refractivity contribution in [2.45, 2.75) is 51.2 Å². The fraction of sp³-hybridized carbons (Fsp3) is 0.643. The molecule has 98 valence electrons. The molecule has 3 rings (SSSR count). The van der Waals surface area contributed by atoms with Crippen LogP contribution in [0.25, 0.3) is 0 Å². The minimum Gasteiger partial charge on any atom is -0.444 e. The average molecular weight is 248 g/mol. The maximum atomic E-state index is 12.3. The highest BCUT2D eigenvalue weighted by Crippen LogP contribution is 2.54. The summed E-state index contributed by atoms with van der Waals surface area (Å²) in [5.74, 6) is 0. The van der Waals surface area contributed by atoms with Crippen LogP contribution < -0.4 is 0 Å². The summed E-state index contributed by atoms with van der Waals surface area (Å²) in [4.78, 5) is 17.5. The van der Waals surface area contributed by atoms with Crippen LogP contribution in [-0.2, 0) is 16.7 Å². The lowest BCUT2D eigenvalue weighted by Gasteiger charge is -2.37. The van der Waals surface area contributed by atoms with Crippen LogP contribution in [-0.4, -0.2) is 28.1 Å². The van der Waals surface area contributed by atoms with Gasteiger partial charge in [0.15, 0.2) is 0 Å². The Bertz CT molecular complexity index is 480. The summed E-state index contributed by atoms with van der Waals surface area (Å²) < 4.78 is 5.52. The lowest BCUT2D eigenvalue weighted by molar-refractivity contribution is 0.0104. The predicted octanol–water partition coefficient (Wildman–Crippen LogP) is 2.80. The Morgan fingerprint density at radius 1 is 1.44 bits per heavy atom. The van der Waals surface area contributed by atoms with E-state index in [1.165, 1.54) is 11.3 Å². The molecule has 2 heterocycles. The molecule has 18 heavy (non-hydrogen) atoms. The lowest BCUT2D eigenvalue weighted by atomic mass is 9.97. The molecule has 0 saturated heterocycles. The van der Waals surface area contributed by atoms with E-state index in [-0.39, 0.29) is 11.6 Å². The van der Waals surface area contributed by atoms with Crippen molar-refractivity contribution in [3.8, 4) is 0 Å². The molecule has 4 nitrogen and oxygen atoms in total. The molecule has 1 aliphatic heterocycles. The van der Waals surface area contributed by atoms with Crippen molar-refractivity contribution >= 4 is 6.09 Å². The van der Waals surface area contributed by atoms with E-state index in [0.717, 1.165) is 25.8 Å². The molecule has 1 aromatic rings. The number of hydrogen-bond donors (Lipinski definition) is 1. The van der Waals surface area contributed by atoms with Gasteiger partial charge >= 0.3 is 6.09 Å². The molecule has 0 radical (unpaired) electrons. The smallest absolute Gasteiger partial charge is 0.411 e. The monoisotopic (exact) mass is 248 g/mol. The molecular formula is C14H20N2O2. The van der Waals surface area contributed by atoms with Gasteiger partial charge in [0.1, 0.15) is 5.60 Å². The molecule has 1 amide bonds. The molecule has 1 aliphatic carbocycles. The van der Waals surface area contributed by atoms with Crippen molar-refractivity contribution in [3.63, 3.8) is 0 Å². The van der Waals surface area contributed by atoms with E-state index in [1.807, 2.05) is 31.9 Å². The van der Waals surface area contributed by atoms with Crippen LogP contribution in [0.5, 0.6) is 0 Å². The van der Waals surface area contributed by atoms with Gasteiger partial charge < -0.3 is 9.72 Å². The summed E-state index contributed by atoms with van der Waals surface area (Å²) in [7, 11) is 0. The van der Waals surface area contributed by atoms with Crippen LogP contribution >= 0.6 is 0 Å². The summed E-state index contributed by atoms with van der Waals surface area (Å²) >= 11 is 0. The second kappa shape index (κ2) is 3.53. The van der Waals surface area contributed by atoms with Crippen molar-refractivity contribution in [3.05, 3.63) is 23.5 Å². The van der Waals surface area contributed by atoms with Crippen LogP contribution in [0.2, 0.25) is 0 Å². The van der Waals surface area contributed by atoms with E-state index in [9.17, 15) is 4.79 Å². The molecule has 4 heteroatoms. The van der Waals surface area contributed by atoms with Gasteiger partial charge in [-0.3, -0.25) is 4.90 Å². The maximum absolute atomic E-state index is 12.3. The second-order valence-corrected chi connectivity index (χ2v) is 6.28. The highest BCUT2D eigenvalue weighted by atomic mass is 16.6. The molecule has 0 atom stereocenters. The number of rotatable bonds is 0. The van der Waals surface area contributed by atoms with Crippen LogP contribution in [0, 0.1) is 0 Å². The van der Waals surface area contributed by atoms with Crippen LogP contribution in [0.4, 0.5) is 4.79 Å². The van der Waals surface area contributed by atoms with Gasteiger partial charge in [0, 0.05) is 24.9 Å². The van der Waals surface area contributed by atoms with Gasteiger partial charge in [-0.2, -0.15) is 0 Å². The Balaban J connectivity index is 1.86. The molecular weight excluding hydrogens is 228 g/mol. The third-order valence-corrected chi connectivity index (χ3v) is 3.77. The summed E-state index contributed by atoms with van der Waals surface area (Å²) in [6, 6.07) is 2.11. The number of aromatic nitrogens is 1. The van der Waals surface area contributed by atoms with Gasteiger partial charge in [0.05, 0.1) is 5.54 Å². The van der Waals surface area contributed by atoms with E-state index in [2.05, 4.69) is 11.1 Å². The third-order valence-electron chi connectivity index (χ3n) is 3.77. The minimum atomic E-state index is -0.425. The van der Waals surface area contributed by atoms with E-state index >= 15 is 0 Å². The topological polar surface area (TPSA) is 45.3 Å². The van der Waals surface area contributed by atoms with E-state index < -0.39 is 5.60 Å². The zero-order valence-corrected chi connectivity index (χ0v) is 11.2. The third kappa shape index (κ3) is 1.71. The van der Waals surface area contributed by atoms with Gasteiger partial charge in [0.2, 0.25) is 0 Å². The minimum absolute atomic E-state index is 0.0735. The van der Waals surface area contributed by atoms with Crippen molar-refractivity contribution in [2.24, 2.45) is 0 Å². The summed E-state index contributed by atoms with van der Waals surface area (Å²) in [5, 5.41) is 0. The molecule has 1 N–H and O–H groups in total. The fourth-order valence-electron chi connectivity index (χ4n) is 2.87. The number of fused-ring (bicyclic) bond motifs is 2. The van der Waals surface area contributed by atoms with Crippen LogP contribution in [0.3, 0.4) is 0 Å². The van der Waals surface area contributed by atoms with Gasteiger partial charge in [-0.15, -0.1) is 0 Å². The number of ether oxygens (including phenoxy) is 1. The Kier molecular flexibility index (Phi) is 2.28. The Morgan fingerprint density at radius 3 is 2.78 bits per heavy atom. The lowest BCUT2D eigenvalue weighted by Crippen LogP contribution is -2.47. The zero-order chi connectivity index (χ0) is 13.0. The predicted molar refractivity (Wildman–Crippen MR) is 68.3 cm³/mol. The molecule has 0 aromatic carbocycles. The normalized spacial score (nSPS) is 20.7. The molecule has 1 saturated carbocycles. The maximum Gasteiger partial charge on any atom is 0.411 e. The Hall–Kier alpha value is -1.45. The first kappa shape index (κ1) is 11.6. The Labute approximate surface area is 107 Å². The van der Waals surface area contributed by atoms with Gasteiger partial charge in [-0.05, 0) is 45.2 Å². The van der Waals surface area contributed by atoms with E-state index in [4.69, 9.17) is 4.74 Å². The summed E-state index contributed by atoms with van der Waals surface area (Å²) in [6.07, 6.45) is 4.80. The second-order valence-electron chi connectivity index (χ2n) is 6.28. The first-order chi connectivity index (χ1) is 8.42. The number of aromatic amines is 1. The SMILES string of the molecule is CC(C)(C)OC(=O)N1CCc2[nH]ccc2C12CC2. The van der Waals surface area contributed by atoms with Gasteiger partial charge in [0.25, 0.3) is 0 Å². The summed E-state index contributed by atoms with van der Waals surface area (Å²) in [5.41, 5.74) is 2.08. The molecule has 2 aliphatic rings. The van der Waals surface area contributed by atoms with E-state index in [1.54, 1.807) is 0 Å². The molecule has 1 aromatic heterocycles. The largest absolute Gasteiger partial charge is 0.444 e. The summed E-state index contributed by atoms with van der Waals surface area (Å²) in [6.45, 7) is 6.49. The fourth-order valence-corrected chi connectivity index (χ4v) is 2.87. The Morgan fingerprint density at radius 2 is 2.17 bits per heavy atom. The van der Waals surface area contributed by atoms with Crippen LogP contribution in [0.15, 0.2) is 12.3 Å². The number of carbonyl (C=O) groups is 1. The zero-order valence-electron chi connectivity index (χ0n) is 11.2. The van der Waals surface area contributed by atoms with E-state index in [0.29, 0.717) is 0 Å². The van der Waals surface area contributed by atoms with Crippen LogP contribution in [0.1, 0.15) is 44.9 Å². The standard InChI is InChI=1S/C14H20N2O2/c1-13(2,3)18-12(17)16-9-5-11-10(4-8-15-11)14(16)6-7-14/h4,8,15H,5-7,9H2,1-3H3. The quantitative estimate of drug-likeness (QED) is 0.767. The first-order valence-corrected chi connectivity index (χ1v) is 6.60. The highest BCUT2D eigenvalue weighted by Gasteiger charge is 2.55. The van der Waals surface area contributed by atoms with Crippen molar-refractivity contribution in [2.75, 3.05) is 6.54 Å². The number of carbonyl (C=O) groups excluding carboxylic acids is 1. The number of amides is 1. The van der Waals surface area contributed by atoms with Crippen molar-refractivity contribution < 1.29 is 9.53 Å². The number of hydrogen-bond acceptors (Lipinski definition) is 2. The van der Waals surface area contributed by atoms with Crippen molar-refractivity contribution in [1.82, 2.24) is 9.88 Å². The van der Waals surface area contributed by atoms with Gasteiger partial charge in [-0.1, -0.05) is 0 Å². The average Bonchev–Trinajstić information content (AvgIpc) is 2.86. The van der Waals surface area contributed by atoms with Crippen molar-refractivity contribution in [1.29, 1.82) is 0 Å². The highest BCUT2D eigenvalue weighted by molar-refractivity contribution is 5.71. The van der Waals surface area contributed by atoms with Gasteiger partial charge in [-0.25, -0.2) is 4.79 Å². The number of nitrogens with zero attached hydrogens (tertiary/aromatic N) is 1.